The molecule has 0 radical (unpaired) electrons. The van der Waals surface area contributed by atoms with Crippen molar-refractivity contribution in [3.05, 3.63) is 29.8 Å². The van der Waals surface area contributed by atoms with Gasteiger partial charge in [0.25, 0.3) is 0 Å². The van der Waals surface area contributed by atoms with Crippen LogP contribution in [-0.2, 0) is 6.54 Å². The minimum absolute atomic E-state index is 0.757. The lowest BCUT2D eigenvalue weighted by Gasteiger charge is -2.17. The second-order valence-electron chi connectivity index (χ2n) is 5.23. The van der Waals surface area contributed by atoms with Crippen molar-refractivity contribution in [3.63, 3.8) is 0 Å². The van der Waals surface area contributed by atoms with Gasteiger partial charge in [-0.3, -0.25) is 4.99 Å². The van der Waals surface area contributed by atoms with Gasteiger partial charge in [-0.2, -0.15) is 0 Å². The molecular weight excluding hydrogens is 238 g/mol. The van der Waals surface area contributed by atoms with Gasteiger partial charge in [0, 0.05) is 25.2 Å². The summed E-state index contributed by atoms with van der Waals surface area (Å²) in [4.78, 5) is 4.41. The molecule has 0 saturated heterocycles. The molecule has 1 saturated carbocycles. The first-order valence-electron chi connectivity index (χ1n) is 7.15. The van der Waals surface area contributed by atoms with Crippen molar-refractivity contribution < 1.29 is 4.74 Å². The first kappa shape index (κ1) is 12.3. The Morgan fingerprint density at radius 3 is 3.00 bits per heavy atom. The Bertz CT molecular complexity index is 454. The van der Waals surface area contributed by atoms with Crippen LogP contribution in [0.25, 0.3) is 0 Å². The van der Waals surface area contributed by atoms with Crippen LogP contribution in [0.3, 0.4) is 0 Å². The molecule has 19 heavy (non-hydrogen) atoms. The van der Waals surface area contributed by atoms with E-state index < -0.39 is 0 Å². The number of ether oxygens (including phenoxy) is 1. The van der Waals surface area contributed by atoms with Crippen molar-refractivity contribution >= 4 is 5.96 Å². The number of nitrogens with one attached hydrogen (secondary N) is 2. The summed E-state index contributed by atoms with van der Waals surface area (Å²) in [6.45, 7) is 3.53. The van der Waals surface area contributed by atoms with Gasteiger partial charge in [-0.25, -0.2) is 0 Å². The standard InChI is InChI=1S/C15H21N3O/c1-2-5-14(19-11-12-6-7-12)13(4-1)10-18-15-16-8-3-9-17-15/h1-2,4-5,12H,3,6-11H2,(H2,16,17,18). The third kappa shape index (κ3) is 3.63. The van der Waals surface area contributed by atoms with Gasteiger partial charge in [-0.15, -0.1) is 0 Å². The van der Waals surface area contributed by atoms with E-state index in [-0.39, 0.29) is 0 Å². The Morgan fingerprint density at radius 1 is 1.32 bits per heavy atom. The number of aliphatic imine (C=N–C) groups is 1. The van der Waals surface area contributed by atoms with Crippen LogP contribution in [0.4, 0.5) is 0 Å². The zero-order valence-electron chi connectivity index (χ0n) is 11.2. The molecule has 4 nitrogen and oxygen atoms in total. The highest BCUT2D eigenvalue weighted by Gasteiger charge is 2.22. The van der Waals surface area contributed by atoms with Crippen molar-refractivity contribution in [2.75, 3.05) is 19.7 Å². The molecule has 1 fully saturated rings. The smallest absolute Gasteiger partial charge is 0.191 e. The summed E-state index contributed by atoms with van der Waals surface area (Å²) in [6.07, 6.45) is 3.76. The SMILES string of the molecule is c1ccc(OCC2CC2)c(CNC2=NCCCN2)c1. The third-order valence-corrected chi connectivity index (χ3v) is 3.49. The van der Waals surface area contributed by atoms with Crippen molar-refractivity contribution in [3.8, 4) is 5.75 Å². The van der Waals surface area contributed by atoms with Gasteiger partial charge in [0.1, 0.15) is 5.75 Å². The molecule has 0 bridgehead atoms. The number of guanidine groups is 1. The topological polar surface area (TPSA) is 45.6 Å². The van der Waals surface area contributed by atoms with Crippen LogP contribution in [0.5, 0.6) is 5.75 Å². The number of para-hydroxylation sites is 1. The highest BCUT2D eigenvalue weighted by atomic mass is 16.5. The molecule has 0 aromatic heterocycles. The van der Waals surface area contributed by atoms with Crippen molar-refractivity contribution in [1.82, 2.24) is 10.6 Å². The molecule has 1 aromatic carbocycles. The fraction of sp³-hybridized carbons (Fsp3) is 0.533. The van der Waals surface area contributed by atoms with E-state index in [1.165, 1.54) is 18.4 Å². The van der Waals surface area contributed by atoms with Gasteiger partial charge < -0.3 is 15.4 Å². The number of hydrogen-bond donors (Lipinski definition) is 2. The second kappa shape index (κ2) is 5.95. The van der Waals surface area contributed by atoms with E-state index in [9.17, 15) is 0 Å². The molecule has 4 heteroatoms. The lowest BCUT2D eigenvalue weighted by molar-refractivity contribution is 0.296. The Balaban J connectivity index is 1.57. The lowest BCUT2D eigenvalue weighted by atomic mass is 10.2. The van der Waals surface area contributed by atoms with Gasteiger partial charge in [-0.1, -0.05) is 18.2 Å². The maximum absolute atomic E-state index is 5.90. The summed E-state index contributed by atoms with van der Waals surface area (Å²) >= 11 is 0. The summed E-state index contributed by atoms with van der Waals surface area (Å²) in [6, 6.07) is 8.24. The molecule has 0 spiro atoms. The summed E-state index contributed by atoms with van der Waals surface area (Å²) in [7, 11) is 0. The lowest BCUT2D eigenvalue weighted by Crippen LogP contribution is -2.40. The summed E-state index contributed by atoms with van der Waals surface area (Å²) in [5.74, 6) is 2.69. The minimum Gasteiger partial charge on any atom is -0.493 e. The van der Waals surface area contributed by atoms with Crippen LogP contribution in [0, 0.1) is 5.92 Å². The molecule has 1 aromatic rings. The average molecular weight is 259 g/mol. The Labute approximate surface area is 114 Å². The Morgan fingerprint density at radius 2 is 2.21 bits per heavy atom. The first-order valence-corrected chi connectivity index (χ1v) is 7.15. The Kier molecular flexibility index (Phi) is 3.86. The molecular formula is C15H21N3O. The zero-order chi connectivity index (χ0) is 12.9. The summed E-state index contributed by atoms with van der Waals surface area (Å²) in [5, 5.41) is 6.61. The predicted octanol–water partition coefficient (Wildman–Crippen LogP) is 1.91. The van der Waals surface area contributed by atoms with Crippen LogP contribution in [0.1, 0.15) is 24.8 Å². The normalized spacial score (nSPS) is 18.4. The maximum atomic E-state index is 5.90. The highest BCUT2D eigenvalue weighted by Crippen LogP contribution is 2.30. The second-order valence-corrected chi connectivity index (χ2v) is 5.23. The van der Waals surface area contributed by atoms with Crippen LogP contribution in [0.2, 0.25) is 0 Å². The fourth-order valence-electron chi connectivity index (χ4n) is 2.11. The van der Waals surface area contributed by atoms with Crippen LogP contribution in [0.15, 0.2) is 29.3 Å². The molecule has 0 atom stereocenters. The average Bonchev–Trinajstić information content (AvgIpc) is 3.29. The summed E-state index contributed by atoms with van der Waals surface area (Å²) < 4.78 is 5.90. The highest BCUT2D eigenvalue weighted by molar-refractivity contribution is 5.80. The minimum atomic E-state index is 0.757. The van der Waals surface area contributed by atoms with Crippen molar-refractivity contribution in [1.29, 1.82) is 0 Å². The zero-order valence-corrected chi connectivity index (χ0v) is 11.2. The van der Waals surface area contributed by atoms with Gasteiger partial charge in [0.05, 0.1) is 6.61 Å². The number of rotatable bonds is 5. The van der Waals surface area contributed by atoms with E-state index in [0.29, 0.717) is 0 Å². The van der Waals surface area contributed by atoms with Crippen molar-refractivity contribution in [2.24, 2.45) is 10.9 Å². The number of benzene rings is 1. The van der Waals surface area contributed by atoms with Gasteiger partial charge in [0.2, 0.25) is 0 Å². The molecule has 0 unspecified atom stereocenters. The monoisotopic (exact) mass is 259 g/mol. The van der Waals surface area contributed by atoms with E-state index in [2.05, 4.69) is 33.8 Å². The van der Waals surface area contributed by atoms with E-state index in [4.69, 9.17) is 4.74 Å². The third-order valence-electron chi connectivity index (χ3n) is 3.49. The molecule has 102 valence electrons. The molecule has 3 rings (SSSR count). The van der Waals surface area contributed by atoms with Gasteiger partial charge in [0.15, 0.2) is 5.96 Å². The fourth-order valence-corrected chi connectivity index (χ4v) is 2.11. The van der Waals surface area contributed by atoms with Crippen molar-refractivity contribution in [2.45, 2.75) is 25.8 Å². The number of nitrogens with zero attached hydrogens (tertiary/aromatic N) is 1. The Hall–Kier alpha value is -1.71. The van der Waals surface area contributed by atoms with Gasteiger partial charge in [-0.05, 0) is 31.2 Å². The van der Waals surface area contributed by atoms with Crippen LogP contribution >= 0.6 is 0 Å². The number of hydrogen-bond acceptors (Lipinski definition) is 4. The largest absolute Gasteiger partial charge is 0.493 e. The van der Waals surface area contributed by atoms with Gasteiger partial charge >= 0.3 is 0 Å². The molecule has 2 N–H and O–H groups in total. The molecule has 1 heterocycles. The first-order chi connectivity index (χ1) is 9.42. The predicted molar refractivity (Wildman–Crippen MR) is 76.4 cm³/mol. The maximum Gasteiger partial charge on any atom is 0.191 e. The van der Waals surface area contributed by atoms with E-state index >= 15 is 0 Å². The van der Waals surface area contributed by atoms with Crippen LogP contribution < -0.4 is 15.4 Å². The molecule has 0 amide bonds. The summed E-state index contributed by atoms with van der Waals surface area (Å²) in [5.41, 5.74) is 1.19. The molecule has 1 aliphatic heterocycles. The quantitative estimate of drug-likeness (QED) is 0.849. The van der Waals surface area contributed by atoms with E-state index in [1.54, 1.807) is 0 Å². The molecule has 1 aliphatic carbocycles. The molecule has 2 aliphatic rings. The van der Waals surface area contributed by atoms with E-state index in [0.717, 1.165) is 50.3 Å². The van der Waals surface area contributed by atoms with Crippen LogP contribution in [-0.4, -0.2) is 25.7 Å². The van der Waals surface area contributed by atoms with E-state index in [1.807, 2.05) is 6.07 Å².